The van der Waals surface area contributed by atoms with Gasteiger partial charge in [-0.1, -0.05) is 48.5 Å². The van der Waals surface area contributed by atoms with Crippen LogP contribution in [0.25, 0.3) is 11.1 Å². The van der Waals surface area contributed by atoms with Crippen molar-refractivity contribution in [1.82, 2.24) is 10.2 Å². The van der Waals surface area contributed by atoms with E-state index >= 15 is 0 Å². The molecule has 0 unspecified atom stereocenters. The number of likely N-dealkylation sites (tertiary alicyclic amines) is 1. The van der Waals surface area contributed by atoms with E-state index in [-0.39, 0.29) is 30.4 Å². The zero-order valence-electron chi connectivity index (χ0n) is 19.8. The molecule has 1 heterocycles. The molecule has 0 aromatic heterocycles. The smallest absolute Gasteiger partial charge is 0.407 e. The largest absolute Gasteiger partial charge is 0.480 e. The summed E-state index contributed by atoms with van der Waals surface area (Å²) in [5.74, 6) is -0.824. The van der Waals surface area contributed by atoms with Crippen LogP contribution in [0.2, 0.25) is 0 Å². The summed E-state index contributed by atoms with van der Waals surface area (Å²) in [6.07, 6.45) is 4.48. The van der Waals surface area contributed by atoms with Gasteiger partial charge in [0.15, 0.2) is 0 Å². The van der Waals surface area contributed by atoms with Gasteiger partial charge in [-0.15, -0.1) is 0 Å². The maximum atomic E-state index is 12.8. The number of amides is 2. The molecule has 0 spiro atoms. The van der Waals surface area contributed by atoms with Crippen LogP contribution in [-0.4, -0.2) is 53.2 Å². The molecule has 7 nitrogen and oxygen atoms in total. The molecular formula is C28H32N2O5. The summed E-state index contributed by atoms with van der Waals surface area (Å²) in [4.78, 5) is 38.5. The van der Waals surface area contributed by atoms with Crippen molar-refractivity contribution < 1.29 is 24.2 Å². The number of carboxylic acids is 1. The average molecular weight is 477 g/mol. The quantitative estimate of drug-likeness (QED) is 0.638. The molecule has 2 amide bonds. The number of nitrogens with zero attached hydrogens (tertiary/aromatic N) is 1. The average Bonchev–Trinajstić information content (AvgIpc) is 3.44. The van der Waals surface area contributed by atoms with Gasteiger partial charge in [0, 0.05) is 24.9 Å². The summed E-state index contributed by atoms with van der Waals surface area (Å²) in [6.45, 7) is 0.796. The highest BCUT2D eigenvalue weighted by atomic mass is 16.5. The van der Waals surface area contributed by atoms with Crippen LogP contribution in [0, 0.1) is 5.92 Å². The van der Waals surface area contributed by atoms with Crippen molar-refractivity contribution in [3.8, 4) is 11.1 Å². The number of hydrogen-bond donors (Lipinski definition) is 2. The van der Waals surface area contributed by atoms with E-state index in [1.165, 1.54) is 27.2 Å². The van der Waals surface area contributed by atoms with Crippen LogP contribution < -0.4 is 5.32 Å². The Morgan fingerprint density at radius 2 is 1.63 bits per heavy atom. The van der Waals surface area contributed by atoms with Crippen LogP contribution in [0.4, 0.5) is 4.79 Å². The number of ether oxygens (including phenoxy) is 1. The molecule has 2 fully saturated rings. The molecule has 2 aromatic rings. The lowest BCUT2D eigenvalue weighted by atomic mass is 9.98. The monoisotopic (exact) mass is 476 g/mol. The summed E-state index contributed by atoms with van der Waals surface area (Å²) in [5.41, 5.74) is 4.75. The number of benzene rings is 2. The third-order valence-electron chi connectivity index (χ3n) is 7.78. The number of carbonyl (C=O) groups excluding carboxylic acids is 2. The number of carbonyl (C=O) groups is 3. The number of nitrogens with one attached hydrogen (secondary N) is 1. The molecule has 2 aromatic carbocycles. The molecule has 7 heteroatoms. The van der Waals surface area contributed by atoms with Gasteiger partial charge in [-0.05, 0) is 66.7 Å². The van der Waals surface area contributed by atoms with Gasteiger partial charge < -0.3 is 20.1 Å². The number of rotatable bonds is 6. The Morgan fingerprint density at radius 1 is 0.943 bits per heavy atom. The van der Waals surface area contributed by atoms with E-state index < -0.39 is 18.1 Å². The van der Waals surface area contributed by atoms with Crippen LogP contribution >= 0.6 is 0 Å². The van der Waals surface area contributed by atoms with E-state index in [2.05, 4.69) is 29.6 Å². The number of fused-ring (bicyclic) bond motifs is 3. The first-order valence-corrected chi connectivity index (χ1v) is 12.6. The Balaban J connectivity index is 1.12. The van der Waals surface area contributed by atoms with E-state index in [0.717, 1.165) is 25.7 Å². The topological polar surface area (TPSA) is 95.9 Å². The second-order valence-electron chi connectivity index (χ2n) is 9.99. The van der Waals surface area contributed by atoms with Gasteiger partial charge in [0.2, 0.25) is 5.91 Å². The van der Waals surface area contributed by atoms with Crippen molar-refractivity contribution in [2.45, 2.75) is 62.9 Å². The van der Waals surface area contributed by atoms with Gasteiger partial charge in [0.25, 0.3) is 0 Å². The van der Waals surface area contributed by atoms with Gasteiger partial charge in [-0.3, -0.25) is 4.79 Å². The first-order chi connectivity index (χ1) is 17.0. The number of hydrogen-bond acceptors (Lipinski definition) is 4. The first-order valence-electron chi connectivity index (χ1n) is 12.6. The highest BCUT2D eigenvalue weighted by Crippen LogP contribution is 2.44. The molecule has 3 atom stereocenters. The third-order valence-corrected chi connectivity index (χ3v) is 7.78. The zero-order valence-corrected chi connectivity index (χ0v) is 19.8. The summed E-state index contributed by atoms with van der Waals surface area (Å²) in [7, 11) is 0. The predicted octanol–water partition coefficient (Wildman–Crippen LogP) is 4.55. The molecule has 184 valence electrons. The van der Waals surface area contributed by atoms with E-state index in [4.69, 9.17) is 4.74 Å². The number of piperidine rings is 1. The Labute approximate surface area is 205 Å². The van der Waals surface area contributed by atoms with E-state index in [1.54, 1.807) is 0 Å². The lowest BCUT2D eigenvalue weighted by Crippen LogP contribution is -2.48. The predicted molar refractivity (Wildman–Crippen MR) is 131 cm³/mol. The highest BCUT2D eigenvalue weighted by Gasteiger charge is 2.35. The molecular weight excluding hydrogens is 444 g/mol. The second-order valence-corrected chi connectivity index (χ2v) is 9.99. The second kappa shape index (κ2) is 10.1. The van der Waals surface area contributed by atoms with Crippen molar-refractivity contribution in [2.75, 3.05) is 13.2 Å². The van der Waals surface area contributed by atoms with Gasteiger partial charge in [0.05, 0.1) is 0 Å². The minimum absolute atomic E-state index is 0.0221. The fraction of sp³-hybridized carbons (Fsp3) is 0.464. The summed E-state index contributed by atoms with van der Waals surface area (Å²) < 4.78 is 5.66. The van der Waals surface area contributed by atoms with Crippen molar-refractivity contribution in [1.29, 1.82) is 0 Å². The Bertz CT molecular complexity index is 1070. The SMILES string of the molecule is O=C(N[C@@H]1CC[C@H](CC(=O)N2CCCC[C@H]2C(=O)O)C1)OCC1c2ccccc2-c2ccccc21. The van der Waals surface area contributed by atoms with Gasteiger partial charge in [-0.2, -0.15) is 0 Å². The van der Waals surface area contributed by atoms with Crippen molar-refractivity contribution in [2.24, 2.45) is 5.92 Å². The molecule has 0 bridgehead atoms. The molecule has 1 saturated carbocycles. The van der Waals surface area contributed by atoms with E-state index in [1.807, 2.05) is 24.3 Å². The molecule has 2 N–H and O–H groups in total. The number of alkyl carbamates (subject to hydrolysis) is 1. The van der Waals surface area contributed by atoms with Crippen molar-refractivity contribution in [3.63, 3.8) is 0 Å². The van der Waals surface area contributed by atoms with Crippen LogP contribution in [0.1, 0.15) is 62.0 Å². The molecule has 35 heavy (non-hydrogen) atoms. The maximum absolute atomic E-state index is 12.8. The Hall–Kier alpha value is -3.35. The Morgan fingerprint density at radius 3 is 2.31 bits per heavy atom. The maximum Gasteiger partial charge on any atom is 0.407 e. The lowest BCUT2D eigenvalue weighted by Gasteiger charge is -2.33. The van der Waals surface area contributed by atoms with Crippen LogP contribution in [-0.2, 0) is 14.3 Å². The highest BCUT2D eigenvalue weighted by molar-refractivity contribution is 5.84. The summed E-state index contributed by atoms with van der Waals surface area (Å²) in [6, 6.07) is 15.8. The van der Waals surface area contributed by atoms with Crippen LogP contribution in [0.3, 0.4) is 0 Å². The van der Waals surface area contributed by atoms with Gasteiger partial charge in [0.1, 0.15) is 12.6 Å². The van der Waals surface area contributed by atoms with Gasteiger partial charge >= 0.3 is 12.1 Å². The first kappa shape index (κ1) is 23.4. The minimum atomic E-state index is -0.917. The molecule has 0 radical (unpaired) electrons. The number of carboxylic acid groups (broad SMARTS) is 1. The minimum Gasteiger partial charge on any atom is -0.480 e. The normalized spacial score (nSPS) is 23.4. The number of aliphatic carboxylic acids is 1. The molecule has 3 aliphatic rings. The van der Waals surface area contributed by atoms with Crippen molar-refractivity contribution in [3.05, 3.63) is 59.7 Å². The standard InChI is InChI=1S/C28H32N2O5/c31-26(30-14-6-5-11-25(30)27(32)33)16-18-12-13-19(15-18)29-28(34)35-17-24-22-9-3-1-7-20(22)21-8-2-4-10-23(21)24/h1-4,7-10,18-19,24-25H,5-6,11-17H2,(H,29,34)(H,32,33)/t18-,19+,25-/m0/s1. The van der Waals surface area contributed by atoms with Gasteiger partial charge in [-0.25, -0.2) is 9.59 Å². The fourth-order valence-corrected chi connectivity index (χ4v) is 6.05. The van der Waals surface area contributed by atoms with Crippen molar-refractivity contribution >= 4 is 18.0 Å². The molecule has 1 saturated heterocycles. The fourth-order valence-electron chi connectivity index (χ4n) is 6.05. The van der Waals surface area contributed by atoms with E-state index in [0.29, 0.717) is 25.8 Å². The molecule has 1 aliphatic heterocycles. The van der Waals surface area contributed by atoms with Crippen LogP contribution in [0.15, 0.2) is 48.5 Å². The molecule has 5 rings (SSSR count). The lowest BCUT2D eigenvalue weighted by molar-refractivity contribution is -0.152. The molecule has 2 aliphatic carbocycles. The van der Waals surface area contributed by atoms with Crippen LogP contribution in [0.5, 0.6) is 0 Å². The zero-order chi connectivity index (χ0) is 24.4. The Kier molecular flexibility index (Phi) is 6.75. The van der Waals surface area contributed by atoms with E-state index in [9.17, 15) is 19.5 Å². The summed E-state index contributed by atoms with van der Waals surface area (Å²) >= 11 is 0. The third kappa shape index (κ3) is 4.90. The summed E-state index contributed by atoms with van der Waals surface area (Å²) in [5, 5.41) is 12.4.